The Kier molecular flexibility index (Phi) is 4.23. The number of unbranched alkanes of at least 4 members (excludes halogenated alkanes) is 2. The number of pyridine rings is 1. The smallest absolute Gasteiger partial charge is 0.0621 e. The van der Waals surface area contributed by atoms with Crippen LogP contribution < -0.4 is 0 Å². The summed E-state index contributed by atoms with van der Waals surface area (Å²) in [5.41, 5.74) is 2.10. The maximum absolute atomic E-state index is 6.01. The Morgan fingerprint density at radius 3 is 2.77 bits per heavy atom. The van der Waals surface area contributed by atoms with Crippen molar-refractivity contribution < 1.29 is 0 Å². The van der Waals surface area contributed by atoms with Gasteiger partial charge in [-0.05, 0) is 31.9 Å². The van der Waals surface area contributed by atoms with Gasteiger partial charge in [-0.25, -0.2) is 0 Å². The molecule has 0 atom stereocenters. The number of nitrogens with zero attached hydrogens (tertiary/aromatic N) is 1. The van der Waals surface area contributed by atoms with Gasteiger partial charge >= 0.3 is 0 Å². The zero-order chi connectivity index (χ0) is 9.68. The lowest BCUT2D eigenvalue weighted by Gasteiger charge is -2.03. The van der Waals surface area contributed by atoms with Crippen LogP contribution in [0.1, 0.15) is 37.6 Å². The van der Waals surface area contributed by atoms with Crippen molar-refractivity contribution in [2.75, 3.05) is 0 Å². The number of hydrogen-bond donors (Lipinski definition) is 0. The number of aromatic nitrogens is 1. The molecule has 1 aromatic rings. The molecule has 0 aliphatic heterocycles. The van der Waals surface area contributed by atoms with Gasteiger partial charge in [-0.15, -0.1) is 0 Å². The van der Waals surface area contributed by atoms with E-state index in [0.717, 1.165) is 22.8 Å². The second kappa shape index (κ2) is 5.23. The van der Waals surface area contributed by atoms with Gasteiger partial charge in [0.2, 0.25) is 0 Å². The van der Waals surface area contributed by atoms with Crippen molar-refractivity contribution in [3.8, 4) is 0 Å². The summed E-state index contributed by atoms with van der Waals surface area (Å²) in [6.45, 7) is 4.20. The highest BCUT2D eigenvalue weighted by molar-refractivity contribution is 6.31. The molecule has 0 unspecified atom stereocenters. The van der Waals surface area contributed by atoms with Crippen LogP contribution in [0, 0.1) is 6.92 Å². The monoisotopic (exact) mass is 197 g/mol. The number of halogens is 1. The first-order chi connectivity index (χ1) is 6.24. The Balaban J connectivity index is 2.59. The van der Waals surface area contributed by atoms with Crippen LogP contribution in [0.3, 0.4) is 0 Å². The quantitative estimate of drug-likeness (QED) is 0.670. The van der Waals surface area contributed by atoms with Crippen molar-refractivity contribution in [2.45, 2.75) is 39.5 Å². The number of hydrogen-bond acceptors (Lipinski definition) is 1. The van der Waals surface area contributed by atoms with E-state index in [4.69, 9.17) is 11.6 Å². The van der Waals surface area contributed by atoms with Crippen LogP contribution in [-0.2, 0) is 6.42 Å². The lowest BCUT2D eigenvalue weighted by molar-refractivity contribution is 0.706. The van der Waals surface area contributed by atoms with Crippen LogP contribution in [0.4, 0.5) is 0 Å². The lowest BCUT2D eigenvalue weighted by atomic mass is 10.1. The third kappa shape index (κ3) is 3.35. The largest absolute Gasteiger partial charge is 0.257 e. The maximum atomic E-state index is 6.01. The van der Waals surface area contributed by atoms with E-state index >= 15 is 0 Å². The van der Waals surface area contributed by atoms with Crippen LogP contribution in [0.5, 0.6) is 0 Å². The summed E-state index contributed by atoms with van der Waals surface area (Å²) >= 11 is 6.01. The summed E-state index contributed by atoms with van der Waals surface area (Å²) in [7, 11) is 0. The Bertz CT molecular complexity index is 271. The Labute approximate surface area is 85.1 Å². The molecule has 1 aromatic heterocycles. The van der Waals surface area contributed by atoms with E-state index in [-0.39, 0.29) is 0 Å². The molecule has 0 aliphatic rings. The van der Waals surface area contributed by atoms with Gasteiger partial charge in [0.1, 0.15) is 0 Å². The summed E-state index contributed by atoms with van der Waals surface area (Å²) in [5.74, 6) is 0. The molecule has 13 heavy (non-hydrogen) atoms. The van der Waals surface area contributed by atoms with Crippen molar-refractivity contribution in [1.82, 2.24) is 4.98 Å². The van der Waals surface area contributed by atoms with E-state index < -0.39 is 0 Å². The van der Waals surface area contributed by atoms with Crippen molar-refractivity contribution in [2.24, 2.45) is 0 Å². The summed E-state index contributed by atoms with van der Waals surface area (Å²) in [4.78, 5) is 4.41. The molecule has 0 aliphatic carbocycles. The SMILES string of the molecule is CCCCCc1nc(C)ccc1Cl. The molecule has 2 heteroatoms. The molecule has 0 radical (unpaired) electrons. The van der Waals surface area contributed by atoms with Crippen LogP contribution in [0.15, 0.2) is 12.1 Å². The van der Waals surface area contributed by atoms with Gasteiger partial charge in [-0.3, -0.25) is 4.98 Å². The average molecular weight is 198 g/mol. The van der Waals surface area contributed by atoms with Gasteiger partial charge in [-0.2, -0.15) is 0 Å². The maximum Gasteiger partial charge on any atom is 0.0621 e. The van der Waals surface area contributed by atoms with Crippen LogP contribution in [0.2, 0.25) is 5.02 Å². The van der Waals surface area contributed by atoms with Crippen LogP contribution >= 0.6 is 11.6 Å². The van der Waals surface area contributed by atoms with E-state index in [0.29, 0.717) is 0 Å². The molecule has 0 saturated heterocycles. The molecule has 1 nitrogen and oxygen atoms in total. The van der Waals surface area contributed by atoms with Crippen molar-refractivity contribution in [1.29, 1.82) is 0 Å². The second-order valence-corrected chi connectivity index (χ2v) is 3.75. The number of aryl methyl sites for hydroxylation is 2. The van der Waals surface area contributed by atoms with E-state index in [1.54, 1.807) is 0 Å². The highest BCUT2D eigenvalue weighted by Gasteiger charge is 2.01. The third-order valence-corrected chi connectivity index (χ3v) is 2.42. The first-order valence-electron chi connectivity index (χ1n) is 4.86. The Morgan fingerprint density at radius 2 is 2.08 bits per heavy atom. The van der Waals surface area contributed by atoms with Gasteiger partial charge in [0, 0.05) is 5.69 Å². The summed E-state index contributed by atoms with van der Waals surface area (Å²) in [5, 5.41) is 0.807. The van der Waals surface area contributed by atoms with E-state index in [1.165, 1.54) is 19.3 Å². The van der Waals surface area contributed by atoms with Gasteiger partial charge in [0.15, 0.2) is 0 Å². The second-order valence-electron chi connectivity index (χ2n) is 3.34. The fraction of sp³-hybridized carbons (Fsp3) is 0.545. The summed E-state index contributed by atoms with van der Waals surface area (Å²) in [6.07, 6.45) is 4.69. The minimum atomic E-state index is 0.807. The first-order valence-corrected chi connectivity index (χ1v) is 5.24. The summed E-state index contributed by atoms with van der Waals surface area (Å²) < 4.78 is 0. The van der Waals surface area contributed by atoms with Gasteiger partial charge in [0.05, 0.1) is 10.7 Å². The predicted molar refractivity (Wildman–Crippen MR) is 57.2 cm³/mol. The van der Waals surface area contributed by atoms with Crippen LogP contribution in [0.25, 0.3) is 0 Å². The van der Waals surface area contributed by atoms with Gasteiger partial charge in [0.25, 0.3) is 0 Å². The third-order valence-electron chi connectivity index (χ3n) is 2.07. The highest BCUT2D eigenvalue weighted by atomic mass is 35.5. The molecule has 1 heterocycles. The van der Waals surface area contributed by atoms with Gasteiger partial charge < -0.3 is 0 Å². The molecule has 0 amide bonds. The molecule has 1 rings (SSSR count). The molecular formula is C11H16ClN. The fourth-order valence-electron chi connectivity index (χ4n) is 1.31. The molecule has 72 valence electrons. The first kappa shape index (κ1) is 10.5. The lowest BCUT2D eigenvalue weighted by Crippen LogP contribution is -1.93. The standard InChI is InChI=1S/C11H16ClN/c1-3-4-5-6-11-10(12)8-7-9(2)13-11/h7-8H,3-6H2,1-2H3. The number of rotatable bonds is 4. The minimum Gasteiger partial charge on any atom is -0.257 e. The van der Waals surface area contributed by atoms with Crippen molar-refractivity contribution in [3.63, 3.8) is 0 Å². The van der Waals surface area contributed by atoms with Crippen molar-refractivity contribution in [3.05, 3.63) is 28.5 Å². The van der Waals surface area contributed by atoms with Gasteiger partial charge in [-0.1, -0.05) is 31.4 Å². The molecule has 0 aromatic carbocycles. The van der Waals surface area contributed by atoms with Crippen LogP contribution in [-0.4, -0.2) is 4.98 Å². The highest BCUT2D eigenvalue weighted by Crippen LogP contribution is 2.16. The normalized spacial score (nSPS) is 10.4. The molecular weight excluding hydrogens is 182 g/mol. The van der Waals surface area contributed by atoms with E-state index in [2.05, 4.69) is 11.9 Å². The average Bonchev–Trinajstić information content (AvgIpc) is 2.11. The van der Waals surface area contributed by atoms with E-state index in [1.807, 2.05) is 19.1 Å². The Hall–Kier alpha value is -0.560. The molecule has 0 saturated carbocycles. The zero-order valence-electron chi connectivity index (χ0n) is 8.31. The minimum absolute atomic E-state index is 0.807. The topological polar surface area (TPSA) is 12.9 Å². The fourth-order valence-corrected chi connectivity index (χ4v) is 1.51. The summed E-state index contributed by atoms with van der Waals surface area (Å²) in [6, 6.07) is 3.89. The molecule has 0 fully saturated rings. The Morgan fingerprint density at radius 1 is 1.31 bits per heavy atom. The molecule has 0 spiro atoms. The predicted octanol–water partition coefficient (Wildman–Crippen LogP) is 3.78. The zero-order valence-corrected chi connectivity index (χ0v) is 9.06. The molecule has 0 bridgehead atoms. The molecule has 0 N–H and O–H groups in total. The van der Waals surface area contributed by atoms with Crippen molar-refractivity contribution >= 4 is 11.6 Å². The van der Waals surface area contributed by atoms with E-state index in [9.17, 15) is 0 Å².